The fourth-order valence-corrected chi connectivity index (χ4v) is 5.66. The van der Waals surface area contributed by atoms with Crippen LogP contribution in [0, 0.1) is 5.92 Å². The summed E-state index contributed by atoms with van der Waals surface area (Å²) in [5.41, 5.74) is 2.99. The van der Waals surface area contributed by atoms with E-state index in [1.807, 2.05) is 74.5 Å². The van der Waals surface area contributed by atoms with Gasteiger partial charge in [0.25, 0.3) is 0 Å². The van der Waals surface area contributed by atoms with Gasteiger partial charge in [0.1, 0.15) is 5.75 Å². The Balaban J connectivity index is 1.83. The van der Waals surface area contributed by atoms with Crippen LogP contribution in [0.25, 0.3) is 10.4 Å². The number of nitrogens with zero attached hydrogens (tertiary/aromatic N) is 1. The summed E-state index contributed by atoms with van der Waals surface area (Å²) in [5, 5.41) is 3.09. The monoisotopic (exact) mass is 428 g/mol. The molecule has 3 aromatic rings. The van der Waals surface area contributed by atoms with Gasteiger partial charge in [0, 0.05) is 6.42 Å². The zero-order valence-corrected chi connectivity index (χ0v) is 18.1. The lowest BCUT2D eigenvalue weighted by molar-refractivity contribution is -0.113. The zero-order chi connectivity index (χ0) is 20.9. The molecule has 0 spiro atoms. The zero-order valence-electron chi connectivity index (χ0n) is 16.5. The van der Waals surface area contributed by atoms with E-state index in [-0.39, 0.29) is 11.7 Å². The van der Waals surface area contributed by atoms with Gasteiger partial charge in [-0.2, -0.15) is 0 Å². The number of hydrogen-bond donors (Lipinski definition) is 1. The van der Waals surface area contributed by atoms with Gasteiger partial charge in [-0.1, -0.05) is 85.8 Å². The number of benzene rings is 2. The Bertz CT molecular complexity index is 1060. The van der Waals surface area contributed by atoms with Gasteiger partial charge in [0.05, 0.1) is 16.3 Å². The number of hydrogen-bond acceptors (Lipinski definition) is 5. The van der Waals surface area contributed by atoms with Crippen LogP contribution in [0.3, 0.4) is 0 Å². The maximum Gasteiger partial charge on any atom is 0.241 e. The van der Waals surface area contributed by atoms with Crippen molar-refractivity contribution in [3.63, 3.8) is 0 Å². The Kier molecular flexibility index (Phi) is 6.82. The van der Waals surface area contributed by atoms with Crippen molar-refractivity contribution in [2.45, 2.75) is 20.3 Å². The Morgan fingerprint density at radius 3 is 2.28 bits per heavy atom. The van der Waals surface area contributed by atoms with Crippen LogP contribution in [0.15, 0.2) is 60.7 Å². The maximum atomic E-state index is 12.3. The smallest absolute Gasteiger partial charge is 0.241 e. The second kappa shape index (κ2) is 9.33. The standard InChI is InChI=1S/C22H24N2O3S2/c1-16(2)14-29(26,27)15-20(25)24-22-23-19(13-17-9-5-3-6-10-17)21(28-22)18-11-7-4-8-12-18/h3-12,16H,13-15H2,1-2H3,(H,23,24,25). The molecule has 0 bridgehead atoms. The third kappa shape index (κ3) is 6.24. The molecule has 152 valence electrons. The van der Waals surface area contributed by atoms with Crippen molar-refractivity contribution >= 4 is 32.2 Å². The Morgan fingerprint density at radius 1 is 1.03 bits per heavy atom. The van der Waals surface area contributed by atoms with Gasteiger partial charge < -0.3 is 5.32 Å². The van der Waals surface area contributed by atoms with Crippen LogP contribution in [0.4, 0.5) is 5.13 Å². The molecule has 0 saturated carbocycles. The van der Waals surface area contributed by atoms with Crippen LogP contribution in [0.1, 0.15) is 25.1 Å². The van der Waals surface area contributed by atoms with E-state index in [0.29, 0.717) is 11.6 Å². The van der Waals surface area contributed by atoms with E-state index in [4.69, 9.17) is 0 Å². The fourth-order valence-electron chi connectivity index (χ4n) is 3.05. The van der Waals surface area contributed by atoms with E-state index in [9.17, 15) is 13.2 Å². The molecule has 2 aromatic carbocycles. The molecule has 0 radical (unpaired) electrons. The number of anilines is 1. The van der Waals surface area contributed by atoms with E-state index in [1.165, 1.54) is 11.3 Å². The first-order valence-corrected chi connectivity index (χ1v) is 12.1. The van der Waals surface area contributed by atoms with E-state index >= 15 is 0 Å². The molecule has 0 aliphatic heterocycles. The number of thiazole rings is 1. The van der Waals surface area contributed by atoms with Crippen molar-refractivity contribution in [3.8, 4) is 10.4 Å². The molecule has 7 heteroatoms. The highest BCUT2D eigenvalue weighted by atomic mass is 32.2. The molecule has 1 heterocycles. The van der Waals surface area contributed by atoms with Gasteiger partial charge in [0.15, 0.2) is 15.0 Å². The quantitative estimate of drug-likeness (QED) is 0.577. The third-order valence-corrected chi connectivity index (χ3v) is 7.07. The average molecular weight is 429 g/mol. The van der Waals surface area contributed by atoms with Crippen LogP contribution in [0.2, 0.25) is 0 Å². The van der Waals surface area contributed by atoms with Gasteiger partial charge >= 0.3 is 0 Å². The third-order valence-electron chi connectivity index (χ3n) is 4.13. The second-order valence-electron chi connectivity index (χ2n) is 7.32. The van der Waals surface area contributed by atoms with E-state index in [0.717, 1.165) is 21.7 Å². The Hall–Kier alpha value is -2.51. The van der Waals surface area contributed by atoms with Crippen LogP contribution < -0.4 is 5.32 Å². The summed E-state index contributed by atoms with van der Waals surface area (Å²) in [6, 6.07) is 19.8. The number of carbonyl (C=O) groups is 1. The van der Waals surface area contributed by atoms with Crippen molar-refractivity contribution in [1.29, 1.82) is 0 Å². The summed E-state index contributed by atoms with van der Waals surface area (Å²) >= 11 is 1.36. The van der Waals surface area contributed by atoms with Crippen molar-refractivity contribution in [2.75, 3.05) is 16.8 Å². The number of carbonyl (C=O) groups excluding carboxylic acids is 1. The van der Waals surface area contributed by atoms with Crippen molar-refractivity contribution in [1.82, 2.24) is 4.98 Å². The fraction of sp³-hybridized carbons (Fsp3) is 0.273. The highest BCUT2D eigenvalue weighted by molar-refractivity contribution is 7.92. The molecule has 0 unspecified atom stereocenters. The van der Waals surface area contributed by atoms with Crippen molar-refractivity contribution < 1.29 is 13.2 Å². The first kappa shape index (κ1) is 21.2. The van der Waals surface area contributed by atoms with Gasteiger partial charge in [-0.3, -0.25) is 4.79 Å². The van der Waals surface area contributed by atoms with Crippen molar-refractivity contribution in [3.05, 3.63) is 71.9 Å². The highest BCUT2D eigenvalue weighted by Gasteiger charge is 2.20. The summed E-state index contributed by atoms with van der Waals surface area (Å²) in [7, 11) is -3.44. The molecule has 1 aromatic heterocycles. The molecule has 3 rings (SSSR count). The highest BCUT2D eigenvalue weighted by Crippen LogP contribution is 2.34. The molecule has 5 nitrogen and oxygen atoms in total. The number of amides is 1. The number of aromatic nitrogens is 1. The average Bonchev–Trinajstić information content (AvgIpc) is 3.03. The lowest BCUT2D eigenvalue weighted by Crippen LogP contribution is -2.26. The number of rotatable bonds is 8. The lowest BCUT2D eigenvalue weighted by Gasteiger charge is -2.06. The van der Waals surface area contributed by atoms with Crippen LogP contribution >= 0.6 is 11.3 Å². The molecule has 0 fully saturated rings. The van der Waals surface area contributed by atoms with Gasteiger partial charge in [0.2, 0.25) is 5.91 Å². The molecule has 0 atom stereocenters. The van der Waals surface area contributed by atoms with Crippen molar-refractivity contribution in [2.24, 2.45) is 5.92 Å². The molecule has 0 aliphatic rings. The van der Waals surface area contributed by atoms with Gasteiger partial charge in [-0.05, 0) is 17.0 Å². The topological polar surface area (TPSA) is 76.1 Å². The minimum atomic E-state index is -3.44. The molecule has 0 aliphatic carbocycles. The van der Waals surface area contributed by atoms with Crippen LogP contribution in [0.5, 0.6) is 0 Å². The normalized spacial score (nSPS) is 11.6. The summed E-state index contributed by atoms with van der Waals surface area (Å²) in [6.45, 7) is 3.64. The van der Waals surface area contributed by atoms with Crippen LogP contribution in [-0.2, 0) is 21.1 Å². The summed E-state index contributed by atoms with van der Waals surface area (Å²) < 4.78 is 24.2. The number of nitrogens with one attached hydrogen (secondary N) is 1. The van der Waals surface area contributed by atoms with E-state index < -0.39 is 21.5 Å². The molecule has 1 amide bonds. The SMILES string of the molecule is CC(C)CS(=O)(=O)CC(=O)Nc1nc(Cc2ccccc2)c(-c2ccccc2)s1. The maximum absolute atomic E-state index is 12.3. The molecule has 0 saturated heterocycles. The predicted octanol–water partition coefficient (Wildman–Crippen LogP) is 4.41. The largest absolute Gasteiger partial charge is 0.301 e. The summed E-state index contributed by atoms with van der Waals surface area (Å²) in [5.74, 6) is -1.10. The Morgan fingerprint density at radius 2 is 1.66 bits per heavy atom. The number of sulfone groups is 1. The lowest BCUT2D eigenvalue weighted by atomic mass is 10.1. The minimum Gasteiger partial charge on any atom is -0.301 e. The summed E-state index contributed by atoms with van der Waals surface area (Å²) in [4.78, 5) is 17.9. The van der Waals surface area contributed by atoms with Crippen LogP contribution in [-0.4, -0.2) is 30.8 Å². The predicted molar refractivity (Wildman–Crippen MR) is 119 cm³/mol. The van der Waals surface area contributed by atoms with E-state index in [2.05, 4.69) is 10.3 Å². The van der Waals surface area contributed by atoms with E-state index in [1.54, 1.807) is 0 Å². The first-order valence-electron chi connectivity index (χ1n) is 9.42. The van der Waals surface area contributed by atoms with Gasteiger partial charge in [-0.15, -0.1) is 0 Å². The summed E-state index contributed by atoms with van der Waals surface area (Å²) in [6.07, 6.45) is 0.628. The molecular formula is C22H24N2O3S2. The molecule has 29 heavy (non-hydrogen) atoms. The minimum absolute atomic E-state index is 0.00713. The molecular weight excluding hydrogens is 404 g/mol. The molecule has 1 N–H and O–H groups in total. The van der Waals surface area contributed by atoms with Gasteiger partial charge in [-0.25, -0.2) is 13.4 Å². The Labute approximate surface area is 175 Å². The second-order valence-corrected chi connectivity index (χ2v) is 10.4. The first-order chi connectivity index (χ1) is 13.8.